The Morgan fingerprint density at radius 1 is 1.44 bits per heavy atom. The second kappa shape index (κ2) is 4.10. The van der Waals surface area contributed by atoms with E-state index in [9.17, 15) is 4.79 Å². The SMILES string of the molecule is CC(=O)CC(N)c1cn(C)c2ccccc12. The van der Waals surface area contributed by atoms with Gasteiger partial charge in [-0.1, -0.05) is 18.2 Å². The van der Waals surface area contributed by atoms with E-state index >= 15 is 0 Å². The predicted octanol–water partition coefficient (Wildman–Crippen LogP) is 2.16. The van der Waals surface area contributed by atoms with E-state index in [1.54, 1.807) is 6.92 Å². The second-order valence-electron chi connectivity index (χ2n) is 4.23. The molecule has 1 aromatic heterocycles. The van der Waals surface area contributed by atoms with Crippen molar-refractivity contribution in [3.8, 4) is 0 Å². The number of carbonyl (C=O) groups excluding carboxylic acids is 1. The number of ketones is 1. The number of nitrogens with zero attached hydrogens (tertiary/aromatic N) is 1. The van der Waals surface area contributed by atoms with Gasteiger partial charge in [-0.3, -0.25) is 4.79 Å². The molecule has 0 aliphatic rings. The Hall–Kier alpha value is -1.61. The number of aryl methyl sites for hydroxylation is 1. The summed E-state index contributed by atoms with van der Waals surface area (Å²) in [6.07, 6.45) is 2.41. The summed E-state index contributed by atoms with van der Waals surface area (Å²) in [4.78, 5) is 11.1. The van der Waals surface area contributed by atoms with Gasteiger partial charge in [-0.2, -0.15) is 0 Å². The molecule has 16 heavy (non-hydrogen) atoms. The number of aromatic nitrogens is 1. The molecule has 2 N–H and O–H groups in total. The van der Waals surface area contributed by atoms with E-state index in [1.165, 1.54) is 0 Å². The molecule has 1 aromatic carbocycles. The standard InChI is InChI=1S/C13H16N2O/c1-9(16)7-12(14)11-8-15(2)13-6-4-3-5-10(11)13/h3-6,8,12H,7,14H2,1-2H3. The van der Waals surface area contributed by atoms with Crippen LogP contribution in [0.25, 0.3) is 10.9 Å². The first-order valence-electron chi connectivity index (χ1n) is 5.38. The van der Waals surface area contributed by atoms with Crippen LogP contribution in [0.4, 0.5) is 0 Å². The molecule has 0 saturated carbocycles. The van der Waals surface area contributed by atoms with Crippen molar-refractivity contribution in [2.24, 2.45) is 12.8 Å². The molecular formula is C13H16N2O. The van der Waals surface area contributed by atoms with Crippen LogP contribution in [0.2, 0.25) is 0 Å². The monoisotopic (exact) mass is 216 g/mol. The minimum atomic E-state index is -0.205. The highest BCUT2D eigenvalue weighted by Gasteiger charge is 2.14. The summed E-state index contributed by atoms with van der Waals surface area (Å²) in [6.45, 7) is 1.57. The first kappa shape index (κ1) is 10.9. The maximum absolute atomic E-state index is 11.1. The summed E-state index contributed by atoms with van der Waals surface area (Å²) in [5.74, 6) is 0.125. The van der Waals surface area contributed by atoms with Crippen molar-refractivity contribution in [3.05, 3.63) is 36.0 Å². The Morgan fingerprint density at radius 2 is 2.12 bits per heavy atom. The van der Waals surface area contributed by atoms with Crippen LogP contribution in [0.15, 0.2) is 30.5 Å². The van der Waals surface area contributed by atoms with Gasteiger partial charge in [0.05, 0.1) is 0 Å². The number of hydrogen-bond donors (Lipinski definition) is 1. The third-order valence-corrected chi connectivity index (χ3v) is 2.83. The van der Waals surface area contributed by atoms with Gasteiger partial charge in [0.2, 0.25) is 0 Å². The van der Waals surface area contributed by atoms with E-state index in [0.717, 1.165) is 16.5 Å². The molecule has 1 unspecified atom stereocenters. The van der Waals surface area contributed by atoms with Crippen molar-refractivity contribution >= 4 is 16.7 Å². The predicted molar refractivity (Wildman–Crippen MR) is 65.1 cm³/mol. The van der Waals surface area contributed by atoms with E-state index < -0.39 is 0 Å². The summed E-state index contributed by atoms with van der Waals surface area (Å²) in [5.41, 5.74) is 8.24. The number of nitrogens with two attached hydrogens (primary N) is 1. The lowest BCUT2D eigenvalue weighted by molar-refractivity contribution is -0.117. The number of benzene rings is 1. The fraction of sp³-hybridized carbons (Fsp3) is 0.308. The molecule has 0 saturated heterocycles. The smallest absolute Gasteiger partial charge is 0.131 e. The molecule has 0 bridgehead atoms. The fourth-order valence-electron chi connectivity index (χ4n) is 2.09. The van der Waals surface area contributed by atoms with Crippen molar-refractivity contribution in [3.63, 3.8) is 0 Å². The normalized spacial score (nSPS) is 12.9. The first-order valence-corrected chi connectivity index (χ1v) is 5.38. The van der Waals surface area contributed by atoms with Crippen molar-refractivity contribution in [2.45, 2.75) is 19.4 Å². The fourth-order valence-corrected chi connectivity index (χ4v) is 2.09. The van der Waals surface area contributed by atoms with Gasteiger partial charge in [-0.05, 0) is 18.6 Å². The molecule has 0 aliphatic carbocycles. The molecule has 0 amide bonds. The molecule has 1 atom stereocenters. The average Bonchev–Trinajstić information content (AvgIpc) is 2.56. The molecule has 2 rings (SSSR count). The lowest BCUT2D eigenvalue weighted by Crippen LogP contribution is -2.13. The molecule has 3 heteroatoms. The highest BCUT2D eigenvalue weighted by atomic mass is 16.1. The maximum Gasteiger partial charge on any atom is 0.131 e. The number of carbonyl (C=O) groups is 1. The van der Waals surface area contributed by atoms with Gasteiger partial charge in [-0.15, -0.1) is 0 Å². The van der Waals surface area contributed by atoms with Crippen LogP contribution in [-0.2, 0) is 11.8 Å². The minimum absolute atomic E-state index is 0.125. The lowest BCUT2D eigenvalue weighted by atomic mass is 10.0. The van der Waals surface area contributed by atoms with Gasteiger partial charge in [0.1, 0.15) is 5.78 Å². The zero-order chi connectivity index (χ0) is 11.7. The van der Waals surface area contributed by atoms with Crippen molar-refractivity contribution < 1.29 is 4.79 Å². The Balaban J connectivity index is 2.48. The van der Waals surface area contributed by atoms with Gasteiger partial charge in [0.15, 0.2) is 0 Å². The Kier molecular flexibility index (Phi) is 2.79. The molecule has 84 valence electrons. The van der Waals surface area contributed by atoms with Crippen LogP contribution in [0, 0.1) is 0 Å². The Morgan fingerprint density at radius 3 is 2.81 bits per heavy atom. The first-order chi connectivity index (χ1) is 7.59. The maximum atomic E-state index is 11.1. The van der Waals surface area contributed by atoms with Gasteiger partial charge >= 0.3 is 0 Å². The molecule has 0 fully saturated rings. The number of rotatable bonds is 3. The molecular weight excluding hydrogens is 200 g/mol. The van der Waals surface area contributed by atoms with E-state index in [4.69, 9.17) is 5.73 Å². The summed E-state index contributed by atoms with van der Waals surface area (Å²) in [7, 11) is 1.99. The largest absolute Gasteiger partial charge is 0.350 e. The third kappa shape index (κ3) is 1.86. The van der Waals surface area contributed by atoms with Crippen LogP contribution in [0.5, 0.6) is 0 Å². The van der Waals surface area contributed by atoms with Crippen LogP contribution < -0.4 is 5.73 Å². The van der Waals surface area contributed by atoms with Crippen molar-refractivity contribution in [1.82, 2.24) is 4.57 Å². The third-order valence-electron chi connectivity index (χ3n) is 2.83. The molecule has 1 heterocycles. The average molecular weight is 216 g/mol. The van der Waals surface area contributed by atoms with E-state index in [0.29, 0.717) is 6.42 Å². The van der Waals surface area contributed by atoms with Gasteiger partial charge in [0.25, 0.3) is 0 Å². The van der Waals surface area contributed by atoms with Gasteiger partial charge in [0, 0.05) is 36.6 Å². The van der Waals surface area contributed by atoms with E-state index in [2.05, 4.69) is 6.07 Å². The van der Waals surface area contributed by atoms with Crippen molar-refractivity contribution in [2.75, 3.05) is 0 Å². The zero-order valence-electron chi connectivity index (χ0n) is 9.60. The molecule has 0 spiro atoms. The molecule has 3 nitrogen and oxygen atoms in total. The summed E-state index contributed by atoms with van der Waals surface area (Å²) in [6, 6.07) is 7.89. The summed E-state index contributed by atoms with van der Waals surface area (Å²) < 4.78 is 2.05. The Bertz CT molecular complexity index is 528. The van der Waals surface area contributed by atoms with Crippen molar-refractivity contribution in [1.29, 1.82) is 0 Å². The minimum Gasteiger partial charge on any atom is -0.350 e. The number of hydrogen-bond acceptors (Lipinski definition) is 2. The second-order valence-corrected chi connectivity index (χ2v) is 4.23. The highest BCUT2D eigenvalue weighted by molar-refractivity contribution is 5.85. The van der Waals surface area contributed by atoms with Crippen LogP contribution in [0.3, 0.4) is 0 Å². The van der Waals surface area contributed by atoms with Gasteiger partial charge in [-0.25, -0.2) is 0 Å². The number of para-hydroxylation sites is 1. The van der Waals surface area contributed by atoms with E-state index in [1.807, 2.05) is 36.0 Å². The molecule has 2 aromatic rings. The van der Waals surface area contributed by atoms with Crippen LogP contribution in [-0.4, -0.2) is 10.4 Å². The molecule has 0 aliphatic heterocycles. The topological polar surface area (TPSA) is 48.0 Å². The van der Waals surface area contributed by atoms with Crippen LogP contribution >= 0.6 is 0 Å². The quantitative estimate of drug-likeness (QED) is 0.854. The van der Waals surface area contributed by atoms with Gasteiger partial charge < -0.3 is 10.3 Å². The zero-order valence-corrected chi connectivity index (χ0v) is 9.60. The Labute approximate surface area is 94.9 Å². The summed E-state index contributed by atoms with van der Waals surface area (Å²) >= 11 is 0. The highest BCUT2D eigenvalue weighted by Crippen LogP contribution is 2.26. The number of fused-ring (bicyclic) bond motifs is 1. The van der Waals surface area contributed by atoms with Crippen LogP contribution in [0.1, 0.15) is 24.9 Å². The summed E-state index contributed by atoms with van der Waals surface area (Å²) in [5, 5.41) is 1.14. The van der Waals surface area contributed by atoms with E-state index in [-0.39, 0.29) is 11.8 Å². The number of Topliss-reactive ketones (excluding diaryl/α,β-unsaturated/α-hetero) is 1. The molecule has 0 radical (unpaired) electrons. The lowest BCUT2D eigenvalue weighted by Gasteiger charge is -2.07.